The lowest BCUT2D eigenvalue weighted by Gasteiger charge is -2.10. The van der Waals surface area contributed by atoms with Crippen molar-refractivity contribution in [1.29, 1.82) is 0 Å². The largest absolute Gasteiger partial charge is 0.493 e. The Hall–Kier alpha value is -3.48. The van der Waals surface area contributed by atoms with E-state index in [-0.39, 0.29) is 12.7 Å². The Morgan fingerprint density at radius 1 is 1.31 bits per heavy atom. The molecule has 0 saturated heterocycles. The van der Waals surface area contributed by atoms with Crippen LogP contribution in [0.15, 0.2) is 51.6 Å². The molecular formula is C22H21NO6. The fourth-order valence-electron chi connectivity index (χ4n) is 3.13. The first-order valence-corrected chi connectivity index (χ1v) is 9.43. The molecule has 0 radical (unpaired) electrons. The molecule has 3 aromatic rings. The Balaban J connectivity index is 1.40. The number of esters is 1. The zero-order chi connectivity index (χ0) is 20.2. The summed E-state index contributed by atoms with van der Waals surface area (Å²) in [6, 6.07) is 9.04. The smallest absolute Gasteiger partial charge is 0.331 e. The number of aromatic nitrogens is 1. The van der Waals surface area contributed by atoms with Crippen molar-refractivity contribution in [1.82, 2.24) is 5.16 Å². The van der Waals surface area contributed by atoms with E-state index in [0.29, 0.717) is 29.6 Å². The molecule has 4 rings (SSSR count). The van der Waals surface area contributed by atoms with Crippen molar-refractivity contribution in [2.75, 3.05) is 6.61 Å². The van der Waals surface area contributed by atoms with Gasteiger partial charge in [0.2, 0.25) is 5.76 Å². The third kappa shape index (κ3) is 4.34. The first-order chi connectivity index (χ1) is 14.1. The molecule has 0 bridgehead atoms. The van der Waals surface area contributed by atoms with Crippen molar-refractivity contribution < 1.29 is 27.9 Å². The van der Waals surface area contributed by atoms with E-state index in [1.807, 2.05) is 26.0 Å². The maximum absolute atomic E-state index is 12.1. The monoisotopic (exact) mass is 395 g/mol. The van der Waals surface area contributed by atoms with Crippen LogP contribution in [-0.2, 0) is 22.6 Å². The molecular weight excluding hydrogens is 374 g/mol. The number of furan rings is 1. The SMILES string of the molecule is CCOc1cc2c(cc1/C=C/C(=O)OCc1cc(-c3ccco3)on1)O[C@H](C)C2. The van der Waals surface area contributed by atoms with Gasteiger partial charge in [-0.25, -0.2) is 4.79 Å². The van der Waals surface area contributed by atoms with Crippen molar-refractivity contribution in [2.24, 2.45) is 0 Å². The highest BCUT2D eigenvalue weighted by atomic mass is 16.5. The summed E-state index contributed by atoms with van der Waals surface area (Å²) in [6.07, 6.45) is 5.55. The van der Waals surface area contributed by atoms with Crippen LogP contribution in [0.25, 0.3) is 17.6 Å². The molecule has 7 nitrogen and oxygen atoms in total. The number of carbonyl (C=O) groups is 1. The molecule has 1 atom stereocenters. The standard InChI is InChI=1S/C22H21NO6/c1-3-25-19-11-16-9-14(2)28-20(16)10-15(19)6-7-22(24)27-13-17-12-21(29-23-17)18-5-4-8-26-18/h4-8,10-12,14H,3,9,13H2,1-2H3/b7-6+/t14-/m1/s1. The Kier molecular flexibility index (Phi) is 5.37. The van der Waals surface area contributed by atoms with Gasteiger partial charge < -0.3 is 23.2 Å². The quantitative estimate of drug-likeness (QED) is 0.433. The van der Waals surface area contributed by atoms with E-state index in [9.17, 15) is 4.79 Å². The second-order valence-electron chi connectivity index (χ2n) is 6.66. The van der Waals surface area contributed by atoms with E-state index in [4.69, 9.17) is 23.2 Å². The molecule has 1 aromatic carbocycles. The maximum atomic E-state index is 12.1. The molecule has 2 aromatic heterocycles. The summed E-state index contributed by atoms with van der Waals surface area (Å²) >= 11 is 0. The van der Waals surface area contributed by atoms with Crippen LogP contribution in [-0.4, -0.2) is 23.8 Å². The Bertz CT molecular complexity index is 1020. The molecule has 0 spiro atoms. The lowest BCUT2D eigenvalue weighted by Crippen LogP contribution is -2.05. The van der Waals surface area contributed by atoms with Crippen LogP contribution in [0.2, 0.25) is 0 Å². The zero-order valence-electron chi connectivity index (χ0n) is 16.2. The molecule has 7 heteroatoms. The van der Waals surface area contributed by atoms with Crippen LogP contribution in [0, 0.1) is 0 Å². The summed E-state index contributed by atoms with van der Waals surface area (Å²) in [5.41, 5.74) is 2.37. The molecule has 1 aliphatic rings. The van der Waals surface area contributed by atoms with Gasteiger partial charge in [-0.3, -0.25) is 0 Å². The summed E-state index contributed by atoms with van der Waals surface area (Å²) in [4.78, 5) is 12.1. The average Bonchev–Trinajstić information content (AvgIpc) is 3.44. The highest BCUT2D eigenvalue weighted by Gasteiger charge is 2.21. The Morgan fingerprint density at radius 2 is 2.21 bits per heavy atom. The van der Waals surface area contributed by atoms with Crippen LogP contribution in [0.4, 0.5) is 0 Å². The molecule has 0 fully saturated rings. The lowest BCUT2D eigenvalue weighted by atomic mass is 10.1. The van der Waals surface area contributed by atoms with Gasteiger partial charge in [0.25, 0.3) is 0 Å². The minimum atomic E-state index is -0.496. The molecule has 0 aliphatic carbocycles. The number of benzene rings is 1. The average molecular weight is 395 g/mol. The summed E-state index contributed by atoms with van der Waals surface area (Å²) < 4.78 is 27.2. The zero-order valence-corrected chi connectivity index (χ0v) is 16.2. The van der Waals surface area contributed by atoms with Gasteiger partial charge in [0.15, 0.2) is 5.76 Å². The molecule has 0 N–H and O–H groups in total. The summed E-state index contributed by atoms with van der Waals surface area (Å²) in [5, 5.41) is 3.87. The molecule has 29 heavy (non-hydrogen) atoms. The number of carbonyl (C=O) groups excluding carboxylic acids is 1. The topological polar surface area (TPSA) is 83.9 Å². The molecule has 3 heterocycles. The van der Waals surface area contributed by atoms with Crippen molar-refractivity contribution in [2.45, 2.75) is 33.0 Å². The molecule has 0 saturated carbocycles. The number of hydrogen-bond donors (Lipinski definition) is 0. The van der Waals surface area contributed by atoms with E-state index in [1.165, 1.54) is 6.08 Å². The van der Waals surface area contributed by atoms with Gasteiger partial charge in [-0.05, 0) is 44.2 Å². The molecule has 0 unspecified atom stereocenters. The lowest BCUT2D eigenvalue weighted by molar-refractivity contribution is -0.139. The van der Waals surface area contributed by atoms with Crippen LogP contribution < -0.4 is 9.47 Å². The maximum Gasteiger partial charge on any atom is 0.331 e. The predicted octanol–water partition coefficient (Wildman–Crippen LogP) is 4.41. The predicted molar refractivity (Wildman–Crippen MR) is 104 cm³/mol. The van der Waals surface area contributed by atoms with Gasteiger partial charge in [0, 0.05) is 29.7 Å². The first-order valence-electron chi connectivity index (χ1n) is 9.43. The Labute approximate surface area is 167 Å². The molecule has 0 amide bonds. The van der Waals surface area contributed by atoms with E-state index >= 15 is 0 Å². The number of rotatable bonds is 7. The van der Waals surface area contributed by atoms with E-state index in [2.05, 4.69) is 5.16 Å². The van der Waals surface area contributed by atoms with Crippen molar-refractivity contribution in [3.63, 3.8) is 0 Å². The second kappa shape index (κ2) is 8.26. The normalized spacial score (nSPS) is 15.3. The number of ether oxygens (including phenoxy) is 3. The van der Waals surface area contributed by atoms with Gasteiger partial charge in [0.05, 0.1) is 12.9 Å². The van der Waals surface area contributed by atoms with Crippen LogP contribution in [0.5, 0.6) is 11.5 Å². The van der Waals surface area contributed by atoms with Crippen molar-refractivity contribution in [3.8, 4) is 23.0 Å². The Morgan fingerprint density at radius 3 is 3.00 bits per heavy atom. The van der Waals surface area contributed by atoms with Crippen molar-refractivity contribution in [3.05, 3.63) is 59.5 Å². The van der Waals surface area contributed by atoms with E-state index in [1.54, 1.807) is 30.5 Å². The number of nitrogens with zero attached hydrogens (tertiary/aromatic N) is 1. The highest BCUT2D eigenvalue weighted by Crippen LogP contribution is 2.35. The number of fused-ring (bicyclic) bond motifs is 1. The fraction of sp³-hybridized carbons (Fsp3) is 0.273. The summed E-state index contributed by atoms with van der Waals surface area (Å²) in [5.74, 6) is 2.08. The molecule has 150 valence electrons. The van der Waals surface area contributed by atoms with Gasteiger partial charge in [0.1, 0.15) is 29.9 Å². The first kappa shape index (κ1) is 18.9. The van der Waals surface area contributed by atoms with Crippen LogP contribution in [0.3, 0.4) is 0 Å². The summed E-state index contributed by atoms with van der Waals surface area (Å²) in [6.45, 7) is 4.47. The fourth-order valence-corrected chi connectivity index (χ4v) is 3.13. The van der Waals surface area contributed by atoms with Gasteiger partial charge >= 0.3 is 5.97 Å². The third-order valence-corrected chi connectivity index (χ3v) is 4.41. The third-order valence-electron chi connectivity index (χ3n) is 4.41. The van der Waals surface area contributed by atoms with E-state index < -0.39 is 5.97 Å². The second-order valence-corrected chi connectivity index (χ2v) is 6.66. The van der Waals surface area contributed by atoms with Gasteiger partial charge in [-0.1, -0.05) is 5.16 Å². The van der Waals surface area contributed by atoms with Crippen LogP contribution >= 0.6 is 0 Å². The van der Waals surface area contributed by atoms with E-state index in [0.717, 1.165) is 23.3 Å². The minimum absolute atomic E-state index is 0.00346. The number of hydrogen-bond acceptors (Lipinski definition) is 7. The van der Waals surface area contributed by atoms with Crippen molar-refractivity contribution >= 4 is 12.0 Å². The molecule has 1 aliphatic heterocycles. The van der Waals surface area contributed by atoms with Gasteiger partial charge in [-0.15, -0.1) is 0 Å². The van der Waals surface area contributed by atoms with Crippen LogP contribution in [0.1, 0.15) is 30.7 Å². The highest BCUT2D eigenvalue weighted by molar-refractivity contribution is 5.87. The summed E-state index contributed by atoms with van der Waals surface area (Å²) in [7, 11) is 0. The minimum Gasteiger partial charge on any atom is -0.493 e. The van der Waals surface area contributed by atoms with Gasteiger partial charge in [-0.2, -0.15) is 0 Å².